The molecule has 4 rings (SSSR count). The predicted octanol–water partition coefficient (Wildman–Crippen LogP) is 2.48. The lowest BCUT2D eigenvalue weighted by Crippen LogP contribution is -2.28. The van der Waals surface area contributed by atoms with Gasteiger partial charge in [0.1, 0.15) is 0 Å². The maximum atomic E-state index is 11.5. The summed E-state index contributed by atoms with van der Waals surface area (Å²) in [4.78, 5) is 9.02. The number of fused-ring (bicyclic) bond motifs is 1. The average Bonchev–Trinajstić information content (AvgIpc) is 3.13. The number of aromatic nitrogens is 3. The third-order valence-corrected chi connectivity index (χ3v) is 5.53. The molecule has 9 heteroatoms. The quantitative estimate of drug-likeness (QED) is 0.606. The van der Waals surface area contributed by atoms with E-state index in [1.165, 1.54) is 0 Å². The average molecular weight is 401 g/mol. The van der Waals surface area contributed by atoms with E-state index in [9.17, 15) is 13.5 Å². The predicted molar refractivity (Wildman–Crippen MR) is 109 cm³/mol. The molecule has 1 aliphatic carbocycles. The van der Waals surface area contributed by atoms with Gasteiger partial charge in [0.25, 0.3) is 0 Å². The summed E-state index contributed by atoms with van der Waals surface area (Å²) in [5, 5.41) is 13.1. The molecule has 3 N–H and O–H groups in total. The Morgan fingerprint density at radius 2 is 1.96 bits per heavy atom. The van der Waals surface area contributed by atoms with E-state index in [4.69, 9.17) is 0 Å². The van der Waals surface area contributed by atoms with Gasteiger partial charge < -0.3 is 10.4 Å². The highest BCUT2D eigenvalue weighted by Crippen LogP contribution is 2.27. The highest BCUT2D eigenvalue weighted by molar-refractivity contribution is 7.92. The molecule has 0 atom stereocenters. The van der Waals surface area contributed by atoms with Crippen LogP contribution in [0.25, 0.3) is 16.9 Å². The van der Waals surface area contributed by atoms with Gasteiger partial charge in [0.2, 0.25) is 10.0 Å². The van der Waals surface area contributed by atoms with Crippen molar-refractivity contribution in [1.82, 2.24) is 14.4 Å². The van der Waals surface area contributed by atoms with Gasteiger partial charge in [-0.25, -0.2) is 18.4 Å². The van der Waals surface area contributed by atoms with Crippen LogP contribution in [0.4, 0.5) is 11.5 Å². The zero-order valence-electron chi connectivity index (χ0n) is 15.5. The molecule has 28 heavy (non-hydrogen) atoms. The van der Waals surface area contributed by atoms with E-state index in [0.29, 0.717) is 17.2 Å². The molecule has 8 nitrogen and oxygen atoms in total. The highest BCUT2D eigenvalue weighted by atomic mass is 32.2. The molecule has 1 aromatic carbocycles. The van der Waals surface area contributed by atoms with Gasteiger partial charge in [-0.3, -0.25) is 9.12 Å². The third kappa shape index (κ3) is 4.10. The molecular formula is C19H23N5O3S. The molecule has 3 aromatic rings. The molecule has 0 spiro atoms. The van der Waals surface area contributed by atoms with Gasteiger partial charge in [0, 0.05) is 29.7 Å². The Morgan fingerprint density at radius 1 is 1.18 bits per heavy atom. The van der Waals surface area contributed by atoms with Crippen LogP contribution >= 0.6 is 0 Å². The first-order chi connectivity index (χ1) is 13.4. The largest absolute Gasteiger partial charge is 0.393 e. The van der Waals surface area contributed by atoms with Crippen LogP contribution in [0.2, 0.25) is 0 Å². The first kappa shape index (κ1) is 18.7. The highest BCUT2D eigenvalue weighted by Gasteiger charge is 2.21. The Hall–Kier alpha value is -2.65. The Kier molecular flexibility index (Phi) is 4.94. The van der Waals surface area contributed by atoms with Crippen molar-refractivity contribution >= 4 is 27.2 Å². The number of sulfonamides is 1. The van der Waals surface area contributed by atoms with Gasteiger partial charge in [0.05, 0.1) is 24.3 Å². The molecule has 1 saturated carbocycles. The van der Waals surface area contributed by atoms with Crippen LogP contribution in [-0.4, -0.2) is 46.3 Å². The molecular weight excluding hydrogens is 378 g/mol. The standard InChI is InChI=1S/C19H23N5O3S/c1-28(26,27)23-15-4-2-3-13(11-15)17-12-21-18(19-20-9-10-24(17)19)22-14-5-7-16(25)8-6-14/h2-4,9-12,14,16,23,25H,5-8H2,1H3,(H,21,22). The van der Waals surface area contributed by atoms with Crippen LogP contribution in [0, 0.1) is 0 Å². The van der Waals surface area contributed by atoms with Crippen molar-refractivity contribution in [3.05, 3.63) is 42.9 Å². The normalized spacial score (nSPS) is 20.2. The summed E-state index contributed by atoms with van der Waals surface area (Å²) >= 11 is 0. The van der Waals surface area contributed by atoms with Gasteiger partial charge in [-0.1, -0.05) is 12.1 Å². The minimum atomic E-state index is -3.35. The second-order valence-electron chi connectivity index (χ2n) is 7.22. The third-order valence-electron chi connectivity index (χ3n) is 4.93. The van der Waals surface area contributed by atoms with Crippen LogP contribution in [0.3, 0.4) is 0 Å². The second kappa shape index (κ2) is 7.40. The van der Waals surface area contributed by atoms with Crippen molar-refractivity contribution in [1.29, 1.82) is 0 Å². The fraction of sp³-hybridized carbons (Fsp3) is 0.368. The minimum Gasteiger partial charge on any atom is -0.393 e. The number of imidazole rings is 1. The van der Waals surface area contributed by atoms with Gasteiger partial charge in [-0.2, -0.15) is 0 Å². The lowest BCUT2D eigenvalue weighted by atomic mass is 9.93. The SMILES string of the molecule is CS(=O)(=O)Nc1cccc(-c2cnc(NC3CCC(O)CC3)c3nccn23)c1. The summed E-state index contributed by atoms with van der Waals surface area (Å²) in [6, 6.07) is 7.44. The molecule has 0 unspecified atom stereocenters. The molecule has 0 amide bonds. The van der Waals surface area contributed by atoms with Gasteiger partial charge in [-0.15, -0.1) is 0 Å². The van der Waals surface area contributed by atoms with E-state index in [1.54, 1.807) is 30.6 Å². The zero-order valence-corrected chi connectivity index (χ0v) is 16.4. The molecule has 1 fully saturated rings. The number of nitrogens with zero attached hydrogens (tertiary/aromatic N) is 3. The Morgan fingerprint density at radius 3 is 2.71 bits per heavy atom. The van der Waals surface area contributed by atoms with Crippen LogP contribution in [-0.2, 0) is 10.0 Å². The molecule has 0 radical (unpaired) electrons. The Bertz CT molecular complexity index is 1090. The number of anilines is 2. The first-order valence-electron chi connectivity index (χ1n) is 9.24. The van der Waals surface area contributed by atoms with E-state index in [-0.39, 0.29) is 12.1 Å². The monoisotopic (exact) mass is 401 g/mol. The smallest absolute Gasteiger partial charge is 0.229 e. The fourth-order valence-electron chi connectivity index (χ4n) is 3.60. The number of aliphatic hydroxyl groups is 1. The van der Waals surface area contributed by atoms with Crippen LogP contribution in [0.1, 0.15) is 25.7 Å². The number of aliphatic hydroxyl groups excluding tert-OH is 1. The van der Waals surface area contributed by atoms with E-state index >= 15 is 0 Å². The summed E-state index contributed by atoms with van der Waals surface area (Å²) < 4.78 is 27.5. The van der Waals surface area contributed by atoms with Gasteiger partial charge in [-0.05, 0) is 37.8 Å². The lowest BCUT2D eigenvalue weighted by molar-refractivity contribution is 0.126. The molecule has 2 aromatic heterocycles. The number of hydrogen-bond donors (Lipinski definition) is 3. The Balaban J connectivity index is 1.65. The number of benzene rings is 1. The molecule has 148 valence electrons. The number of hydrogen-bond acceptors (Lipinski definition) is 6. The van der Waals surface area contributed by atoms with Crippen molar-refractivity contribution in [3.63, 3.8) is 0 Å². The van der Waals surface area contributed by atoms with Crippen molar-refractivity contribution in [3.8, 4) is 11.3 Å². The van der Waals surface area contributed by atoms with E-state index in [2.05, 4.69) is 20.0 Å². The number of nitrogens with one attached hydrogen (secondary N) is 2. The summed E-state index contributed by atoms with van der Waals surface area (Å²) in [6.07, 6.45) is 9.64. The van der Waals surface area contributed by atoms with Crippen molar-refractivity contribution < 1.29 is 13.5 Å². The first-order valence-corrected chi connectivity index (χ1v) is 11.1. The van der Waals surface area contributed by atoms with E-state index in [1.807, 2.05) is 16.7 Å². The maximum absolute atomic E-state index is 11.5. The fourth-order valence-corrected chi connectivity index (χ4v) is 4.16. The van der Waals surface area contributed by atoms with Crippen LogP contribution < -0.4 is 10.0 Å². The molecule has 0 bridgehead atoms. The maximum Gasteiger partial charge on any atom is 0.229 e. The molecule has 0 aliphatic heterocycles. The summed E-state index contributed by atoms with van der Waals surface area (Å²) in [7, 11) is -3.35. The summed E-state index contributed by atoms with van der Waals surface area (Å²) in [5.41, 5.74) is 2.85. The Labute approximate surface area is 163 Å². The van der Waals surface area contributed by atoms with Crippen molar-refractivity contribution in [2.45, 2.75) is 37.8 Å². The van der Waals surface area contributed by atoms with E-state index < -0.39 is 10.0 Å². The molecule has 2 heterocycles. The zero-order chi connectivity index (χ0) is 19.7. The number of rotatable bonds is 5. The summed E-state index contributed by atoms with van der Waals surface area (Å²) in [5.74, 6) is 0.709. The van der Waals surface area contributed by atoms with Crippen molar-refractivity contribution in [2.75, 3.05) is 16.3 Å². The van der Waals surface area contributed by atoms with E-state index in [0.717, 1.165) is 43.2 Å². The van der Waals surface area contributed by atoms with Crippen LogP contribution in [0.5, 0.6) is 0 Å². The lowest BCUT2D eigenvalue weighted by Gasteiger charge is -2.26. The van der Waals surface area contributed by atoms with Gasteiger partial charge in [0.15, 0.2) is 11.5 Å². The molecule has 1 aliphatic rings. The van der Waals surface area contributed by atoms with Crippen LogP contribution in [0.15, 0.2) is 42.9 Å². The van der Waals surface area contributed by atoms with Crippen molar-refractivity contribution in [2.24, 2.45) is 0 Å². The topological polar surface area (TPSA) is 109 Å². The minimum absolute atomic E-state index is 0.201. The van der Waals surface area contributed by atoms with Gasteiger partial charge >= 0.3 is 0 Å². The summed E-state index contributed by atoms with van der Waals surface area (Å²) in [6.45, 7) is 0. The molecule has 0 saturated heterocycles. The second-order valence-corrected chi connectivity index (χ2v) is 8.97.